The molecular weight excluding hydrogens is 304 g/mol. The van der Waals surface area contributed by atoms with E-state index in [0.717, 1.165) is 44.6 Å². The van der Waals surface area contributed by atoms with Crippen LogP contribution >= 0.6 is 0 Å². The zero-order chi connectivity index (χ0) is 16.9. The van der Waals surface area contributed by atoms with Crippen molar-refractivity contribution in [1.82, 2.24) is 10.2 Å². The first-order chi connectivity index (χ1) is 11.7. The quantitative estimate of drug-likeness (QED) is 0.814. The number of ether oxygens (including phenoxy) is 1. The lowest BCUT2D eigenvalue weighted by molar-refractivity contribution is -0.127. The van der Waals surface area contributed by atoms with Crippen LogP contribution in [0.25, 0.3) is 6.08 Å². The second-order valence-electron chi connectivity index (χ2n) is 6.49. The molecule has 1 aliphatic carbocycles. The van der Waals surface area contributed by atoms with Crippen LogP contribution in [0.2, 0.25) is 0 Å². The molecule has 5 nitrogen and oxygen atoms in total. The Morgan fingerprint density at radius 1 is 1.25 bits per heavy atom. The monoisotopic (exact) mass is 328 g/mol. The first-order valence-corrected chi connectivity index (χ1v) is 8.56. The van der Waals surface area contributed by atoms with Crippen molar-refractivity contribution < 1.29 is 14.3 Å². The molecule has 1 saturated carbocycles. The number of carbonyl (C=O) groups excluding carboxylic acids is 2. The van der Waals surface area contributed by atoms with Gasteiger partial charge in [0.2, 0.25) is 5.91 Å². The number of nitrogens with zero attached hydrogens (tertiary/aromatic N) is 1. The zero-order valence-corrected chi connectivity index (χ0v) is 14.0. The Morgan fingerprint density at radius 2 is 2.00 bits per heavy atom. The lowest BCUT2D eigenvalue weighted by atomic mass is 10.1. The second-order valence-corrected chi connectivity index (χ2v) is 6.49. The van der Waals surface area contributed by atoms with Gasteiger partial charge in [-0.2, -0.15) is 0 Å². The van der Waals surface area contributed by atoms with Crippen LogP contribution in [0.5, 0.6) is 0 Å². The maximum absolute atomic E-state index is 12.5. The number of amides is 2. The molecule has 1 aromatic rings. The molecular formula is C19H24N2O3. The summed E-state index contributed by atoms with van der Waals surface area (Å²) in [5.41, 5.74) is 1.53. The summed E-state index contributed by atoms with van der Waals surface area (Å²) in [6.07, 6.45) is 6.71. The summed E-state index contributed by atoms with van der Waals surface area (Å²) in [6.45, 7) is 2.37. The molecule has 24 heavy (non-hydrogen) atoms. The molecule has 1 N–H and O–H groups in total. The smallest absolute Gasteiger partial charge is 0.251 e. The highest BCUT2D eigenvalue weighted by Gasteiger charge is 2.33. The molecule has 2 amide bonds. The Labute approximate surface area is 142 Å². The van der Waals surface area contributed by atoms with Gasteiger partial charge in [-0.25, -0.2) is 0 Å². The summed E-state index contributed by atoms with van der Waals surface area (Å²) in [7, 11) is 1.61. The van der Waals surface area contributed by atoms with Crippen molar-refractivity contribution in [2.24, 2.45) is 5.92 Å². The minimum Gasteiger partial charge on any atom is -0.381 e. The predicted molar refractivity (Wildman–Crippen MR) is 92.5 cm³/mol. The van der Waals surface area contributed by atoms with E-state index in [1.165, 1.54) is 0 Å². The summed E-state index contributed by atoms with van der Waals surface area (Å²) < 4.78 is 5.42. The van der Waals surface area contributed by atoms with Crippen molar-refractivity contribution in [1.29, 1.82) is 0 Å². The Morgan fingerprint density at radius 3 is 2.58 bits per heavy atom. The molecule has 3 rings (SSSR count). The molecule has 2 aliphatic rings. The van der Waals surface area contributed by atoms with E-state index in [4.69, 9.17) is 4.74 Å². The van der Waals surface area contributed by atoms with Gasteiger partial charge in [0.1, 0.15) is 0 Å². The van der Waals surface area contributed by atoms with E-state index in [0.29, 0.717) is 17.5 Å². The van der Waals surface area contributed by atoms with Gasteiger partial charge < -0.3 is 15.0 Å². The van der Waals surface area contributed by atoms with Gasteiger partial charge in [-0.05, 0) is 43.0 Å². The van der Waals surface area contributed by atoms with Crippen molar-refractivity contribution >= 4 is 17.9 Å². The third kappa shape index (κ3) is 4.23. The van der Waals surface area contributed by atoms with Crippen LogP contribution in [0.1, 0.15) is 35.2 Å². The largest absolute Gasteiger partial charge is 0.381 e. The van der Waals surface area contributed by atoms with Crippen molar-refractivity contribution in [3.8, 4) is 0 Å². The first-order valence-electron chi connectivity index (χ1n) is 8.56. The summed E-state index contributed by atoms with van der Waals surface area (Å²) in [5, 5.41) is 2.59. The minimum absolute atomic E-state index is 0.0692. The zero-order valence-electron chi connectivity index (χ0n) is 14.0. The molecule has 1 heterocycles. The molecule has 2 fully saturated rings. The molecule has 0 bridgehead atoms. The highest BCUT2D eigenvalue weighted by molar-refractivity contribution is 5.95. The Kier molecular flexibility index (Phi) is 5.30. The fraction of sp³-hybridized carbons (Fsp3) is 0.474. The van der Waals surface area contributed by atoms with E-state index in [1.807, 2.05) is 23.1 Å². The standard InChI is InChI=1S/C19H24N2O3/c1-20-19(23)16-5-2-14(3-6-16)4-9-18(22)21(17-7-8-17)12-15-10-11-24-13-15/h2-6,9,15,17H,7-8,10-13H2,1H3,(H,20,23)/b9-4+/t15-/m0/s1. The molecule has 0 radical (unpaired) electrons. The van der Waals surface area contributed by atoms with E-state index < -0.39 is 0 Å². The van der Waals surface area contributed by atoms with Gasteiger partial charge in [-0.1, -0.05) is 12.1 Å². The number of rotatable bonds is 6. The van der Waals surface area contributed by atoms with E-state index in [9.17, 15) is 9.59 Å². The van der Waals surface area contributed by atoms with Crippen LogP contribution in [0.4, 0.5) is 0 Å². The average Bonchev–Trinajstić information content (AvgIpc) is 3.33. The van der Waals surface area contributed by atoms with Crippen LogP contribution in [0, 0.1) is 5.92 Å². The summed E-state index contributed by atoms with van der Waals surface area (Å²) in [5.74, 6) is 0.426. The lowest BCUT2D eigenvalue weighted by Crippen LogP contribution is -2.36. The third-order valence-electron chi connectivity index (χ3n) is 4.57. The number of hydrogen-bond donors (Lipinski definition) is 1. The number of nitrogens with one attached hydrogen (secondary N) is 1. The van der Waals surface area contributed by atoms with E-state index >= 15 is 0 Å². The van der Waals surface area contributed by atoms with Gasteiger partial charge >= 0.3 is 0 Å². The molecule has 0 aromatic heterocycles. The van der Waals surface area contributed by atoms with Crippen molar-refractivity contribution in [2.75, 3.05) is 26.8 Å². The van der Waals surface area contributed by atoms with Gasteiger partial charge in [-0.15, -0.1) is 0 Å². The minimum atomic E-state index is -0.111. The summed E-state index contributed by atoms with van der Waals surface area (Å²) in [6, 6.07) is 7.62. The third-order valence-corrected chi connectivity index (χ3v) is 4.57. The highest BCUT2D eigenvalue weighted by Crippen LogP contribution is 2.29. The fourth-order valence-corrected chi connectivity index (χ4v) is 2.96. The van der Waals surface area contributed by atoms with E-state index in [2.05, 4.69) is 5.32 Å². The Bertz CT molecular complexity index is 614. The molecule has 1 aromatic carbocycles. The topological polar surface area (TPSA) is 58.6 Å². The molecule has 5 heteroatoms. The van der Waals surface area contributed by atoms with Crippen LogP contribution in [0.15, 0.2) is 30.3 Å². The lowest BCUT2D eigenvalue weighted by Gasteiger charge is -2.23. The molecule has 1 saturated heterocycles. The van der Waals surface area contributed by atoms with Gasteiger partial charge in [0.15, 0.2) is 0 Å². The number of carbonyl (C=O) groups is 2. The van der Waals surface area contributed by atoms with E-state index in [1.54, 1.807) is 25.3 Å². The maximum atomic E-state index is 12.5. The van der Waals surface area contributed by atoms with Crippen molar-refractivity contribution in [3.63, 3.8) is 0 Å². The van der Waals surface area contributed by atoms with Crippen LogP contribution in [-0.2, 0) is 9.53 Å². The number of benzene rings is 1. The number of hydrogen-bond acceptors (Lipinski definition) is 3. The summed E-state index contributed by atoms with van der Waals surface area (Å²) >= 11 is 0. The Balaban J connectivity index is 1.61. The molecule has 128 valence electrons. The molecule has 0 spiro atoms. The van der Waals surface area contributed by atoms with E-state index in [-0.39, 0.29) is 11.8 Å². The summed E-state index contributed by atoms with van der Waals surface area (Å²) in [4.78, 5) is 26.1. The van der Waals surface area contributed by atoms with Crippen LogP contribution in [0.3, 0.4) is 0 Å². The van der Waals surface area contributed by atoms with Gasteiger partial charge in [-0.3, -0.25) is 9.59 Å². The van der Waals surface area contributed by atoms with Crippen molar-refractivity contribution in [3.05, 3.63) is 41.5 Å². The van der Waals surface area contributed by atoms with Gasteiger partial charge in [0, 0.05) is 43.8 Å². The van der Waals surface area contributed by atoms with Crippen molar-refractivity contribution in [2.45, 2.75) is 25.3 Å². The Hall–Kier alpha value is -2.14. The molecule has 1 aliphatic heterocycles. The van der Waals surface area contributed by atoms with Crippen LogP contribution in [-0.4, -0.2) is 49.6 Å². The van der Waals surface area contributed by atoms with Gasteiger partial charge in [0.25, 0.3) is 5.91 Å². The van der Waals surface area contributed by atoms with Gasteiger partial charge in [0.05, 0.1) is 6.61 Å². The predicted octanol–water partition coefficient (Wildman–Crippen LogP) is 2.09. The molecule has 1 atom stereocenters. The maximum Gasteiger partial charge on any atom is 0.251 e. The SMILES string of the molecule is CNC(=O)c1ccc(/C=C/C(=O)N(C[C@@H]2CCOC2)C2CC2)cc1. The molecule has 0 unspecified atom stereocenters. The van der Waals surface area contributed by atoms with Crippen LogP contribution < -0.4 is 5.32 Å². The normalized spacial score (nSPS) is 20.3. The average molecular weight is 328 g/mol. The second kappa shape index (κ2) is 7.62. The first kappa shape index (κ1) is 16.7. The highest BCUT2D eigenvalue weighted by atomic mass is 16.5. The fourth-order valence-electron chi connectivity index (χ4n) is 2.96.